The highest BCUT2D eigenvalue weighted by Gasteiger charge is 2.42. The summed E-state index contributed by atoms with van der Waals surface area (Å²) in [6.07, 6.45) is 6.09. The van der Waals surface area contributed by atoms with E-state index in [4.69, 9.17) is 9.47 Å². The van der Waals surface area contributed by atoms with E-state index in [9.17, 15) is 0 Å². The zero-order valence-corrected chi connectivity index (χ0v) is 12.8. The summed E-state index contributed by atoms with van der Waals surface area (Å²) in [5.41, 5.74) is 4.57. The molecule has 1 fully saturated rings. The van der Waals surface area contributed by atoms with Crippen molar-refractivity contribution in [1.29, 1.82) is 0 Å². The Morgan fingerprint density at radius 3 is 2.81 bits per heavy atom. The molecule has 1 aromatic carbocycles. The summed E-state index contributed by atoms with van der Waals surface area (Å²) in [6.45, 7) is 2.38. The molecule has 0 amide bonds. The number of benzene rings is 1. The lowest BCUT2D eigenvalue weighted by atomic mass is 9.77. The van der Waals surface area contributed by atoms with Gasteiger partial charge in [-0.2, -0.15) is 0 Å². The predicted molar refractivity (Wildman–Crippen MR) is 82.9 cm³/mol. The first-order chi connectivity index (χ1) is 10.3. The predicted octanol–water partition coefficient (Wildman–Crippen LogP) is 2.75. The van der Waals surface area contributed by atoms with Crippen LogP contribution in [-0.4, -0.2) is 44.4 Å². The quantitative estimate of drug-likeness (QED) is 0.780. The van der Waals surface area contributed by atoms with E-state index in [2.05, 4.69) is 29.2 Å². The van der Waals surface area contributed by atoms with Gasteiger partial charge in [0.1, 0.15) is 5.75 Å². The summed E-state index contributed by atoms with van der Waals surface area (Å²) < 4.78 is 11.1. The molecule has 3 nitrogen and oxygen atoms in total. The van der Waals surface area contributed by atoms with Crippen LogP contribution in [0.25, 0.3) is 0 Å². The Kier molecular flexibility index (Phi) is 3.27. The maximum atomic E-state index is 5.68. The standard InChI is InChI=1S/C18H23NO2/c1-20-14-4-3-12-5-7-19-8-6-13-9-15(21-2)11-17(18(13)19)16(12)10-14/h3-4,9-10,15,17-18H,5-8,11H2,1-2H3/t15-,17-,18-/m0/s1. The molecular formula is C18H23NO2. The molecule has 0 N–H and O–H groups in total. The molecule has 0 bridgehead atoms. The maximum Gasteiger partial charge on any atom is 0.119 e. The Hall–Kier alpha value is -1.32. The van der Waals surface area contributed by atoms with Crippen molar-refractivity contribution in [2.45, 2.75) is 37.3 Å². The molecule has 2 aliphatic heterocycles. The second kappa shape index (κ2) is 5.15. The molecule has 4 rings (SSSR count). The first kappa shape index (κ1) is 13.4. The van der Waals surface area contributed by atoms with Crippen LogP contribution >= 0.6 is 0 Å². The van der Waals surface area contributed by atoms with E-state index in [0.29, 0.717) is 12.0 Å². The molecule has 21 heavy (non-hydrogen) atoms. The van der Waals surface area contributed by atoms with Gasteiger partial charge in [-0.15, -0.1) is 0 Å². The molecule has 1 aromatic rings. The van der Waals surface area contributed by atoms with E-state index in [1.54, 1.807) is 12.7 Å². The van der Waals surface area contributed by atoms with Crippen molar-refractivity contribution >= 4 is 0 Å². The van der Waals surface area contributed by atoms with Crippen molar-refractivity contribution in [2.24, 2.45) is 0 Å². The topological polar surface area (TPSA) is 21.7 Å². The van der Waals surface area contributed by atoms with Gasteiger partial charge in [0.05, 0.1) is 13.2 Å². The van der Waals surface area contributed by atoms with Crippen LogP contribution in [0.1, 0.15) is 29.9 Å². The first-order valence-corrected chi connectivity index (χ1v) is 7.94. The lowest BCUT2D eigenvalue weighted by Crippen LogP contribution is -2.38. The second-order valence-electron chi connectivity index (χ2n) is 6.40. The summed E-state index contributed by atoms with van der Waals surface area (Å²) in [4.78, 5) is 2.68. The van der Waals surface area contributed by atoms with Crippen molar-refractivity contribution in [1.82, 2.24) is 4.90 Å². The smallest absolute Gasteiger partial charge is 0.119 e. The fourth-order valence-electron chi connectivity index (χ4n) is 4.42. The molecule has 3 aliphatic rings. The Bertz CT molecular complexity index is 581. The number of fused-ring (bicyclic) bond motifs is 2. The molecule has 1 aliphatic carbocycles. The molecule has 0 aromatic heterocycles. The number of rotatable bonds is 2. The highest BCUT2D eigenvalue weighted by molar-refractivity contribution is 5.43. The summed E-state index contributed by atoms with van der Waals surface area (Å²) >= 11 is 0. The number of hydrogen-bond donors (Lipinski definition) is 0. The summed E-state index contributed by atoms with van der Waals surface area (Å²) in [5, 5.41) is 0. The van der Waals surface area contributed by atoms with Crippen molar-refractivity contribution in [3.63, 3.8) is 0 Å². The van der Waals surface area contributed by atoms with Crippen LogP contribution in [0.15, 0.2) is 29.8 Å². The zero-order chi connectivity index (χ0) is 14.4. The van der Waals surface area contributed by atoms with Crippen LogP contribution in [0.2, 0.25) is 0 Å². The minimum Gasteiger partial charge on any atom is -0.497 e. The van der Waals surface area contributed by atoms with E-state index < -0.39 is 0 Å². The second-order valence-corrected chi connectivity index (χ2v) is 6.40. The van der Waals surface area contributed by atoms with Crippen LogP contribution in [-0.2, 0) is 11.2 Å². The third-order valence-electron chi connectivity index (χ3n) is 5.45. The molecule has 1 saturated heterocycles. The van der Waals surface area contributed by atoms with Gasteiger partial charge in [-0.1, -0.05) is 17.7 Å². The monoisotopic (exact) mass is 285 g/mol. The number of hydrogen-bond acceptors (Lipinski definition) is 3. The van der Waals surface area contributed by atoms with Gasteiger partial charge in [-0.05, 0) is 42.5 Å². The highest BCUT2D eigenvalue weighted by atomic mass is 16.5. The molecular weight excluding hydrogens is 262 g/mol. The van der Waals surface area contributed by atoms with Gasteiger partial charge >= 0.3 is 0 Å². The fourth-order valence-corrected chi connectivity index (χ4v) is 4.42. The molecule has 2 heterocycles. The fraction of sp³-hybridized carbons (Fsp3) is 0.556. The van der Waals surface area contributed by atoms with Gasteiger partial charge in [0.15, 0.2) is 0 Å². The summed E-state index contributed by atoms with van der Waals surface area (Å²) in [6, 6.07) is 7.21. The van der Waals surface area contributed by atoms with Gasteiger partial charge in [0.2, 0.25) is 0 Å². The van der Waals surface area contributed by atoms with Crippen LogP contribution in [0.5, 0.6) is 5.75 Å². The van der Waals surface area contributed by atoms with Crippen LogP contribution in [0, 0.1) is 0 Å². The van der Waals surface area contributed by atoms with Crippen molar-refractivity contribution in [2.75, 3.05) is 27.3 Å². The SMILES string of the molecule is COc1ccc2c(c1)[C@@H]1C[C@@H](OC)C=C3CCN(CC2)[C@@H]31. The van der Waals surface area contributed by atoms with Gasteiger partial charge in [0.25, 0.3) is 0 Å². The average Bonchev–Trinajstić information content (AvgIpc) is 2.87. The minimum atomic E-state index is 0.262. The maximum absolute atomic E-state index is 5.68. The van der Waals surface area contributed by atoms with E-state index in [1.165, 1.54) is 30.6 Å². The van der Waals surface area contributed by atoms with Crippen LogP contribution in [0.4, 0.5) is 0 Å². The van der Waals surface area contributed by atoms with E-state index in [0.717, 1.165) is 18.6 Å². The van der Waals surface area contributed by atoms with Crippen molar-refractivity contribution in [3.05, 3.63) is 41.0 Å². The van der Waals surface area contributed by atoms with Crippen molar-refractivity contribution < 1.29 is 9.47 Å². The number of nitrogens with zero attached hydrogens (tertiary/aromatic N) is 1. The molecule has 0 unspecified atom stereocenters. The van der Waals surface area contributed by atoms with E-state index >= 15 is 0 Å². The normalized spacial score (nSPS) is 31.1. The van der Waals surface area contributed by atoms with Gasteiger partial charge < -0.3 is 9.47 Å². The number of ether oxygens (including phenoxy) is 2. The summed E-state index contributed by atoms with van der Waals surface area (Å²) in [7, 11) is 3.59. The molecule has 3 atom stereocenters. The third kappa shape index (κ3) is 2.11. The molecule has 0 saturated carbocycles. The van der Waals surface area contributed by atoms with Gasteiger partial charge in [-0.25, -0.2) is 0 Å². The van der Waals surface area contributed by atoms with Gasteiger partial charge in [-0.3, -0.25) is 4.90 Å². The van der Waals surface area contributed by atoms with Crippen molar-refractivity contribution in [3.8, 4) is 5.75 Å². The van der Waals surface area contributed by atoms with Crippen LogP contribution < -0.4 is 4.74 Å². The lowest BCUT2D eigenvalue weighted by molar-refractivity contribution is 0.106. The molecule has 3 heteroatoms. The summed E-state index contributed by atoms with van der Waals surface area (Å²) in [5.74, 6) is 1.52. The highest BCUT2D eigenvalue weighted by Crippen LogP contribution is 2.45. The largest absolute Gasteiger partial charge is 0.497 e. The first-order valence-electron chi connectivity index (χ1n) is 7.94. The molecule has 0 spiro atoms. The van der Waals surface area contributed by atoms with E-state index in [1.807, 2.05) is 7.11 Å². The molecule has 0 radical (unpaired) electrons. The minimum absolute atomic E-state index is 0.262. The zero-order valence-electron chi connectivity index (χ0n) is 12.8. The van der Waals surface area contributed by atoms with Crippen LogP contribution in [0.3, 0.4) is 0 Å². The number of methoxy groups -OCH3 is 2. The average molecular weight is 285 g/mol. The van der Waals surface area contributed by atoms with E-state index in [-0.39, 0.29) is 6.10 Å². The van der Waals surface area contributed by atoms with Gasteiger partial charge in [0, 0.05) is 32.2 Å². The Morgan fingerprint density at radius 1 is 1.14 bits per heavy atom. The Morgan fingerprint density at radius 2 is 2.00 bits per heavy atom. The Labute approximate surface area is 126 Å². The third-order valence-corrected chi connectivity index (χ3v) is 5.45. The molecule has 112 valence electrons. The lowest BCUT2D eigenvalue weighted by Gasteiger charge is -2.36. The Balaban J connectivity index is 1.81.